The van der Waals surface area contributed by atoms with Crippen LogP contribution in [0, 0.1) is 11.7 Å². The maximum atomic E-state index is 13.3. The van der Waals surface area contributed by atoms with Crippen LogP contribution in [0.5, 0.6) is 0 Å². The van der Waals surface area contributed by atoms with Crippen LogP contribution in [0.2, 0.25) is 0 Å². The van der Waals surface area contributed by atoms with E-state index in [1.165, 1.54) is 16.4 Å². The van der Waals surface area contributed by atoms with Gasteiger partial charge in [0, 0.05) is 38.6 Å². The Morgan fingerprint density at radius 2 is 1.71 bits per heavy atom. The number of fused-ring (bicyclic) bond motifs is 2. The van der Waals surface area contributed by atoms with E-state index in [-0.39, 0.29) is 23.8 Å². The summed E-state index contributed by atoms with van der Waals surface area (Å²) in [6, 6.07) is 6.82. The first kappa shape index (κ1) is 16.4. The summed E-state index contributed by atoms with van der Waals surface area (Å²) in [7, 11) is -0.264. The Labute approximate surface area is 143 Å². The Kier molecular flexibility index (Phi) is 3.95. The third-order valence-electron chi connectivity index (χ3n) is 6.01. The second-order valence-electron chi connectivity index (χ2n) is 7.37. The number of hydrogen-bond acceptors (Lipinski definition) is 3. The van der Waals surface area contributed by atoms with Crippen molar-refractivity contribution in [3.8, 4) is 0 Å². The number of hydrogen-bond donors (Lipinski definition) is 0. The fourth-order valence-electron chi connectivity index (χ4n) is 4.85. The maximum Gasteiger partial charge on any atom is 0.281 e. The Balaban J connectivity index is 1.75. The van der Waals surface area contributed by atoms with Crippen molar-refractivity contribution >= 4 is 10.2 Å². The van der Waals surface area contributed by atoms with Crippen molar-refractivity contribution in [1.29, 1.82) is 0 Å². The van der Waals surface area contributed by atoms with Crippen LogP contribution in [0.15, 0.2) is 24.3 Å². The third kappa shape index (κ3) is 2.41. The van der Waals surface area contributed by atoms with E-state index in [1.54, 1.807) is 18.4 Å². The van der Waals surface area contributed by atoms with Gasteiger partial charge in [-0.05, 0) is 49.5 Å². The van der Waals surface area contributed by atoms with Gasteiger partial charge in [-0.2, -0.15) is 17.0 Å². The molecule has 0 aromatic heterocycles. The Bertz CT molecular complexity index is 714. The van der Waals surface area contributed by atoms with Gasteiger partial charge in [0.2, 0.25) is 0 Å². The SMILES string of the molecule is CN(C)S(=O)(=O)N1C[C@@H](c2ccc(F)cc2)[C@@H]2[C@H]1C1CCN2CC1. The lowest BCUT2D eigenvalue weighted by molar-refractivity contribution is 0.0114. The molecule has 0 unspecified atom stereocenters. The van der Waals surface area contributed by atoms with Crippen molar-refractivity contribution in [2.75, 3.05) is 33.7 Å². The number of rotatable bonds is 3. The molecule has 7 heteroatoms. The summed E-state index contributed by atoms with van der Waals surface area (Å²) in [5.41, 5.74) is 1.04. The molecule has 5 nitrogen and oxygen atoms in total. The molecule has 0 radical (unpaired) electrons. The highest BCUT2D eigenvalue weighted by Crippen LogP contribution is 2.47. The van der Waals surface area contributed by atoms with Crippen LogP contribution in [0.1, 0.15) is 24.3 Å². The lowest BCUT2D eigenvalue weighted by Crippen LogP contribution is -2.61. The number of benzene rings is 1. The largest absolute Gasteiger partial charge is 0.298 e. The van der Waals surface area contributed by atoms with Crippen LogP contribution < -0.4 is 0 Å². The zero-order chi connectivity index (χ0) is 17.1. The van der Waals surface area contributed by atoms with E-state index in [2.05, 4.69) is 4.90 Å². The van der Waals surface area contributed by atoms with E-state index in [0.29, 0.717) is 12.5 Å². The van der Waals surface area contributed by atoms with Crippen LogP contribution in [0.25, 0.3) is 0 Å². The standard InChI is InChI=1S/C17H24FN3O2S/c1-19(2)24(22,23)21-11-15(12-3-5-14(18)6-4-12)17-16(21)13-7-9-20(17)10-8-13/h3-6,13,15-17H,7-11H2,1-2H3/t15-,16+,17+/m0/s1. The number of halogens is 1. The summed E-state index contributed by atoms with van der Waals surface area (Å²) in [6.07, 6.45) is 2.13. The second kappa shape index (κ2) is 5.76. The average Bonchev–Trinajstić information content (AvgIpc) is 3.00. The molecule has 0 aliphatic carbocycles. The summed E-state index contributed by atoms with van der Waals surface area (Å²) in [5.74, 6) is 0.283. The van der Waals surface area contributed by atoms with Gasteiger partial charge in [0.1, 0.15) is 5.82 Å². The van der Waals surface area contributed by atoms with Crippen molar-refractivity contribution in [1.82, 2.24) is 13.5 Å². The minimum Gasteiger partial charge on any atom is -0.298 e. The minimum atomic E-state index is -3.45. The molecule has 4 aliphatic rings. The molecule has 2 bridgehead atoms. The molecule has 0 spiro atoms. The molecule has 132 valence electrons. The molecule has 4 heterocycles. The molecule has 1 aromatic rings. The molecular formula is C17H24FN3O2S. The molecule has 5 rings (SSSR count). The van der Waals surface area contributed by atoms with Gasteiger partial charge in [0.05, 0.1) is 0 Å². The zero-order valence-corrected chi connectivity index (χ0v) is 14.9. The van der Waals surface area contributed by atoms with Crippen LogP contribution in [0.4, 0.5) is 4.39 Å². The predicted molar refractivity (Wildman–Crippen MR) is 90.3 cm³/mol. The third-order valence-corrected chi connectivity index (χ3v) is 7.91. The van der Waals surface area contributed by atoms with Crippen molar-refractivity contribution in [2.45, 2.75) is 30.8 Å². The molecular weight excluding hydrogens is 329 g/mol. The average molecular weight is 353 g/mol. The molecule has 24 heavy (non-hydrogen) atoms. The van der Waals surface area contributed by atoms with Crippen molar-refractivity contribution in [2.24, 2.45) is 5.92 Å². The van der Waals surface area contributed by atoms with E-state index >= 15 is 0 Å². The summed E-state index contributed by atoms with van der Waals surface area (Å²) in [4.78, 5) is 2.45. The Morgan fingerprint density at radius 3 is 2.29 bits per heavy atom. The van der Waals surface area contributed by atoms with Crippen LogP contribution in [-0.4, -0.2) is 67.7 Å². The highest BCUT2D eigenvalue weighted by Gasteiger charge is 2.56. The smallest absolute Gasteiger partial charge is 0.281 e. The molecule has 1 aromatic carbocycles. The lowest BCUT2D eigenvalue weighted by Gasteiger charge is -2.51. The predicted octanol–water partition coefficient (Wildman–Crippen LogP) is 1.49. The van der Waals surface area contributed by atoms with E-state index < -0.39 is 10.2 Å². The summed E-state index contributed by atoms with van der Waals surface area (Å²) < 4.78 is 42.1. The highest BCUT2D eigenvalue weighted by atomic mass is 32.2. The minimum absolute atomic E-state index is 0.0370. The molecule has 4 aliphatic heterocycles. The molecule has 3 atom stereocenters. The zero-order valence-electron chi connectivity index (χ0n) is 14.1. The van der Waals surface area contributed by atoms with Gasteiger partial charge in [-0.1, -0.05) is 12.1 Å². The molecule has 0 amide bonds. The van der Waals surface area contributed by atoms with Gasteiger partial charge >= 0.3 is 0 Å². The second-order valence-corrected chi connectivity index (χ2v) is 9.47. The number of piperidine rings is 3. The Hall–Kier alpha value is -1.02. The van der Waals surface area contributed by atoms with Crippen molar-refractivity contribution in [3.05, 3.63) is 35.6 Å². The van der Waals surface area contributed by atoms with Crippen molar-refractivity contribution < 1.29 is 12.8 Å². The fraction of sp³-hybridized carbons (Fsp3) is 0.647. The van der Waals surface area contributed by atoms with Gasteiger partial charge in [-0.3, -0.25) is 4.90 Å². The van der Waals surface area contributed by atoms with Crippen LogP contribution in [0.3, 0.4) is 0 Å². The van der Waals surface area contributed by atoms with Gasteiger partial charge in [-0.25, -0.2) is 4.39 Å². The summed E-state index contributed by atoms with van der Waals surface area (Å²) >= 11 is 0. The Morgan fingerprint density at radius 1 is 1.08 bits per heavy atom. The first-order valence-corrected chi connectivity index (χ1v) is 9.98. The van der Waals surface area contributed by atoms with E-state index in [9.17, 15) is 12.8 Å². The normalized spacial score (nSPS) is 36.2. The first-order chi connectivity index (χ1) is 11.4. The highest BCUT2D eigenvalue weighted by molar-refractivity contribution is 7.86. The monoisotopic (exact) mass is 353 g/mol. The first-order valence-electron chi connectivity index (χ1n) is 8.58. The quantitative estimate of drug-likeness (QED) is 0.827. The van der Waals surface area contributed by atoms with Crippen molar-refractivity contribution in [3.63, 3.8) is 0 Å². The number of nitrogens with zero attached hydrogens (tertiary/aromatic N) is 3. The molecule has 0 saturated carbocycles. The van der Waals surface area contributed by atoms with Crippen LogP contribution in [-0.2, 0) is 10.2 Å². The van der Waals surface area contributed by atoms with E-state index in [0.717, 1.165) is 31.5 Å². The van der Waals surface area contributed by atoms with Gasteiger partial charge in [0.25, 0.3) is 10.2 Å². The summed E-state index contributed by atoms with van der Waals surface area (Å²) in [5, 5.41) is 0. The topological polar surface area (TPSA) is 43.9 Å². The molecule has 4 saturated heterocycles. The maximum absolute atomic E-state index is 13.3. The van der Waals surface area contributed by atoms with E-state index in [1.807, 2.05) is 12.1 Å². The van der Waals surface area contributed by atoms with Crippen LogP contribution >= 0.6 is 0 Å². The molecule has 0 N–H and O–H groups in total. The lowest BCUT2D eigenvalue weighted by atomic mass is 9.75. The van der Waals surface area contributed by atoms with Gasteiger partial charge in [0.15, 0.2) is 0 Å². The van der Waals surface area contributed by atoms with Gasteiger partial charge < -0.3 is 0 Å². The molecule has 4 fully saturated rings. The fourth-order valence-corrected chi connectivity index (χ4v) is 6.22. The van der Waals surface area contributed by atoms with Gasteiger partial charge in [-0.15, -0.1) is 0 Å². The summed E-state index contributed by atoms with van der Waals surface area (Å²) in [6.45, 7) is 2.56. The van der Waals surface area contributed by atoms with E-state index in [4.69, 9.17) is 0 Å².